The number of rotatable bonds is 5. The second-order valence-electron chi connectivity index (χ2n) is 6.75. The van der Waals surface area contributed by atoms with Crippen LogP contribution in [0.25, 0.3) is 10.2 Å². The van der Waals surface area contributed by atoms with Gasteiger partial charge in [-0.3, -0.25) is 0 Å². The van der Waals surface area contributed by atoms with Gasteiger partial charge < -0.3 is 20.3 Å². The number of aryl methyl sites for hydroxylation is 1. The summed E-state index contributed by atoms with van der Waals surface area (Å²) < 4.78 is 6.00. The number of carbonyl (C=O) groups is 1. The van der Waals surface area contributed by atoms with Crippen LogP contribution >= 0.6 is 11.3 Å². The predicted molar refractivity (Wildman–Crippen MR) is 106 cm³/mol. The fourth-order valence-electron chi connectivity index (χ4n) is 3.44. The monoisotopic (exact) mass is 400 g/mol. The highest BCUT2D eigenvalue weighted by Crippen LogP contribution is 2.36. The lowest BCUT2D eigenvalue weighted by atomic mass is 9.95. The smallest absolute Gasteiger partial charge is 0.346 e. The molecule has 0 radical (unpaired) electrons. The second-order valence-corrected chi connectivity index (χ2v) is 7.75. The van der Waals surface area contributed by atoms with E-state index in [9.17, 15) is 15.0 Å². The van der Waals surface area contributed by atoms with E-state index in [0.717, 1.165) is 37.0 Å². The van der Waals surface area contributed by atoms with Crippen molar-refractivity contribution in [3.63, 3.8) is 0 Å². The van der Waals surface area contributed by atoms with Crippen LogP contribution in [0.1, 0.15) is 40.9 Å². The van der Waals surface area contributed by atoms with Crippen molar-refractivity contribution in [2.24, 2.45) is 0 Å². The van der Waals surface area contributed by atoms with E-state index < -0.39 is 12.1 Å². The highest BCUT2D eigenvalue weighted by molar-refractivity contribution is 7.20. The van der Waals surface area contributed by atoms with E-state index in [4.69, 9.17) is 4.74 Å². The molecule has 3 heterocycles. The molecule has 1 aliphatic rings. The van der Waals surface area contributed by atoms with Crippen LogP contribution in [0.2, 0.25) is 0 Å². The number of hydrogen-bond acceptors (Lipinski definition) is 8. The summed E-state index contributed by atoms with van der Waals surface area (Å²) in [6.07, 6.45) is 5.73. The Balaban J connectivity index is 1.68. The lowest BCUT2D eigenvalue weighted by molar-refractivity contribution is 0.00494. The van der Waals surface area contributed by atoms with Crippen molar-refractivity contribution in [2.45, 2.75) is 44.8 Å². The van der Waals surface area contributed by atoms with Gasteiger partial charge in [0.05, 0.1) is 11.5 Å². The first-order valence-electron chi connectivity index (χ1n) is 9.08. The number of ether oxygens (including phenoxy) is 1. The van der Waals surface area contributed by atoms with Gasteiger partial charge in [-0.25, -0.2) is 19.7 Å². The SMILES string of the molecule is Cc1c(C(=O)O)sc2ncnc(Nc3cccnc3O[C@@H]3CCCC[C@H]3O)c12. The quantitative estimate of drug-likeness (QED) is 0.595. The van der Waals surface area contributed by atoms with Crippen LogP contribution in [0.3, 0.4) is 0 Å². The van der Waals surface area contributed by atoms with Crippen LogP contribution in [0.15, 0.2) is 24.7 Å². The molecule has 0 amide bonds. The third-order valence-corrected chi connectivity index (χ3v) is 6.06. The average Bonchev–Trinajstić information content (AvgIpc) is 3.03. The molecule has 0 aromatic carbocycles. The Bertz CT molecular complexity index is 1020. The Labute approximate surface area is 165 Å². The van der Waals surface area contributed by atoms with Gasteiger partial charge in [0.1, 0.15) is 33.6 Å². The third-order valence-electron chi connectivity index (χ3n) is 4.88. The Hall–Kier alpha value is -2.78. The van der Waals surface area contributed by atoms with E-state index in [0.29, 0.717) is 33.2 Å². The number of hydrogen-bond donors (Lipinski definition) is 3. The molecule has 1 aliphatic carbocycles. The zero-order chi connectivity index (χ0) is 19.7. The number of carboxylic acid groups (broad SMARTS) is 1. The zero-order valence-corrected chi connectivity index (χ0v) is 16.1. The summed E-state index contributed by atoms with van der Waals surface area (Å²) in [6.45, 7) is 1.75. The lowest BCUT2D eigenvalue weighted by Crippen LogP contribution is -2.35. The molecule has 146 valence electrons. The van der Waals surface area contributed by atoms with E-state index >= 15 is 0 Å². The number of nitrogens with one attached hydrogen (secondary N) is 1. The van der Waals surface area contributed by atoms with Crippen LogP contribution in [0.5, 0.6) is 5.88 Å². The van der Waals surface area contributed by atoms with Crippen molar-refractivity contribution < 1.29 is 19.7 Å². The molecule has 0 spiro atoms. The maximum Gasteiger partial charge on any atom is 0.346 e. The maximum atomic E-state index is 11.5. The molecule has 3 aromatic rings. The molecular formula is C19H20N4O4S. The summed E-state index contributed by atoms with van der Waals surface area (Å²) in [6, 6.07) is 3.58. The Morgan fingerprint density at radius 3 is 2.89 bits per heavy atom. The topological polar surface area (TPSA) is 117 Å². The van der Waals surface area contributed by atoms with Crippen molar-refractivity contribution in [2.75, 3.05) is 5.32 Å². The van der Waals surface area contributed by atoms with Gasteiger partial charge in [-0.15, -0.1) is 11.3 Å². The Morgan fingerprint density at radius 2 is 2.11 bits per heavy atom. The van der Waals surface area contributed by atoms with E-state index in [2.05, 4.69) is 20.3 Å². The minimum absolute atomic E-state index is 0.242. The Kier molecular flexibility index (Phi) is 5.10. The van der Waals surface area contributed by atoms with E-state index in [1.807, 2.05) is 6.07 Å². The molecular weight excluding hydrogens is 380 g/mol. The summed E-state index contributed by atoms with van der Waals surface area (Å²) in [7, 11) is 0. The number of pyridine rings is 1. The zero-order valence-electron chi connectivity index (χ0n) is 15.3. The van der Waals surface area contributed by atoms with Crippen LogP contribution in [-0.4, -0.2) is 43.3 Å². The third kappa shape index (κ3) is 3.50. The number of fused-ring (bicyclic) bond motifs is 1. The number of aliphatic hydroxyl groups excluding tert-OH is 1. The van der Waals surface area contributed by atoms with Crippen LogP contribution < -0.4 is 10.1 Å². The minimum atomic E-state index is -0.983. The first-order valence-corrected chi connectivity index (χ1v) is 9.90. The number of aliphatic hydroxyl groups is 1. The van der Waals surface area contributed by atoms with E-state index in [-0.39, 0.29) is 11.0 Å². The molecule has 1 fully saturated rings. The van der Waals surface area contributed by atoms with E-state index in [1.165, 1.54) is 6.33 Å². The molecule has 4 rings (SSSR count). The lowest BCUT2D eigenvalue weighted by Gasteiger charge is -2.28. The first-order chi connectivity index (χ1) is 13.5. The molecule has 0 aliphatic heterocycles. The molecule has 1 saturated carbocycles. The number of aromatic carboxylic acids is 1. The van der Waals surface area contributed by atoms with Gasteiger partial charge in [0.25, 0.3) is 0 Å². The predicted octanol–water partition coefficient (Wildman–Crippen LogP) is 3.52. The molecule has 0 bridgehead atoms. The van der Waals surface area contributed by atoms with Gasteiger partial charge in [-0.1, -0.05) is 6.42 Å². The molecule has 3 N–H and O–H groups in total. The number of carboxylic acids is 1. The summed E-state index contributed by atoms with van der Waals surface area (Å²) >= 11 is 1.12. The van der Waals surface area contributed by atoms with Gasteiger partial charge in [0.15, 0.2) is 0 Å². The maximum absolute atomic E-state index is 11.5. The number of aromatic nitrogens is 3. The second kappa shape index (κ2) is 7.69. The van der Waals surface area contributed by atoms with Crippen LogP contribution in [0, 0.1) is 6.92 Å². The average molecular weight is 400 g/mol. The fraction of sp³-hybridized carbons (Fsp3) is 0.368. The van der Waals surface area contributed by atoms with Crippen molar-refractivity contribution >= 4 is 39.0 Å². The molecule has 2 atom stereocenters. The minimum Gasteiger partial charge on any atom is -0.477 e. The summed E-state index contributed by atoms with van der Waals surface area (Å²) in [5.74, 6) is -0.108. The normalized spacial score (nSPS) is 19.5. The highest BCUT2D eigenvalue weighted by atomic mass is 32.1. The van der Waals surface area contributed by atoms with Gasteiger partial charge in [0, 0.05) is 6.20 Å². The first kappa shape index (κ1) is 18.6. The van der Waals surface area contributed by atoms with Crippen molar-refractivity contribution in [3.8, 4) is 5.88 Å². The molecule has 3 aromatic heterocycles. The number of nitrogens with zero attached hydrogens (tertiary/aromatic N) is 3. The largest absolute Gasteiger partial charge is 0.477 e. The number of anilines is 2. The fourth-order valence-corrected chi connectivity index (χ4v) is 4.42. The highest BCUT2D eigenvalue weighted by Gasteiger charge is 2.26. The number of thiophene rings is 1. The van der Waals surface area contributed by atoms with E-state index in [1.54, 1.807) is 19.2 Å². The molecule has 9 heteroatoms. The van der Waals surface area contributed by atoms with Crippen molar-refractivity contribution in [1.82, 2.24) is 15.0 Å². The molecule has 28 heavy (non-hydrogen) atoms. The van der Waals surface area contributed by atoms with Crippen molar-refractivity contribution in [3.05, 3.63) is 35.1 Å². The summed E-state index contributed by atoms with van der Waals surface area (Å²) in [5, 5.41) is 23.5. The Morgan fingerprint density at radius 1 is 1.29 bits per heavy atom. The van der Waals surface area contributed by atoms with Crippen molar-refractivity contribution in [1.29, 1.82) is 0 Å². The standard InChI is InChI=1S/C19H20N4O4S/c1-10-14-16(21-9-22-18(14)28-15(10)19(25)26)23-11-5-4-8-20-17(11)27-13-7-3-2-6-12(13)24/h4-5,8-9,12-13,24H,2-3,6-7H2,1H3,(H,25,26)(H,21,22,23)/t12-,13-/m1/s1. The van der Waals surface area contributed by atoms with Gasteiger partial charge in [-0.05, 0) is 43.9 Å². The van der Waals surface area contributed by atoms with Gasteiger partial charge in [0.2, 0.25) is 5.88 Å². The molecule has 0 unspecified atom stereocenters. The van der Waals surface area contributed by atoms with Gasteiger partial charge >= 0.3 is 5.97 Å². The molecule has 0 saturated heterocycles. The van der Waals surface area contributed by atoms with Crippen LogP contribution in [-0.2, 0) is 0 Å². The molecule has 8 nitrogen and oxygen atoms in total. The van der Waals surface area contributed by atoms with Crippen LogP contribution in [0.4, 0.5) is 11.5 Å². The summed E-state index contributed by atoms with van der Waals surface area (Å²) in [4.78, 5) is 25.1. The summed E-state index contributed by atoms with van der Waals surface area (Å²) in [5.41, 5.74) is 1.22. The van der Waals surface area contributed by atoms with Gasteiger partial charge in [-0.2, -0.15) is 0 Å².